The Morgan fingerprint density at radius 2 is 2.33 bits per heavy atom. The number of piperidine rings is 1. The summed E-state index contributed by atoms with van der Waals surface area (Å²) in [5.74, 6) is -0.332. The third-order valence-electron chi connectivity index (χ3n) is 2.97. The Kier molecular flexibility index (Phi) is 4.68. The van der Waals surface area contributed by atoms with Gasteiger partial charge in [-0.25, -0.2) is 9.78 Å². The molecule has 18 heavy (non-hydrogen) atoms. The fourth-order valence-corrected chi connectivity index (χ4v) is 3.17. The van der Waals surface area contributed by atoms with Crippen LogP contribution in [-0.4, -0.2) is 31.7 Å². The average Bonchev–Trinajstić information content (AvgIpc) is 2.83. The first-order chi connectivity index (χ1) is 8.76. The molecule has 100 valence electrons. The number of hydrogen-bond acceptors (Lipinski definition) is 6. The maximum absolute atomic E-state index is 11.7. The molecule has 1 aromatic rings. The largest absolute Gasteiger partial charge is 0.465 e. The van der Waals surface area contributed by atoms with Crippen LogP contribution in [0.4, 0.5) is 0 Å². The zero-order chi connectivity index (χ0) is 13.0. The number of carbonyl (C=O) groups is 1. The molecule has 0 saturated carbocycles. The summed E-state index contributed by atoms with van der Waals surface area (Å²) >= 11 is 1.41. The van der Waals surface area contributed by atoms with Gasteiger partial charge in [-0.05, 0) is 19.4 Å². The monoisotopic (exact) mass is 270 g/mol. The van der Waals surface area contributed by atoms with Crippen molar-refractivity contribution in [2.75, 3.05) is 20.8 Å². The number of nitrogens with zero attached hydrogens (tertiary/aromatic N) is 1. The number of aromatic nitrogens is 1. The molecule has 0 aliphatic carbocycles. The molecule has 5 nitrogen and oxygen atoms in total. The Bertz CT molecular complexity index is 413. The molecule has 1 N–H and O–H groups in total. The predicted octanol–water partition coefficient (Wildman–Crippen LogP) is 1.89. The number of carbonyl (C=O) groups excluding carboxylic acids is 1. The maximum atomic E-state index is 11.7. The molecule has 2 rings (SSSR count). The minimum Gasteiger partial charge on any atom is -0.465 e. The molecule has 1 saturated heterocycles. The van der Waals surface area contributed by atoms with E-state index >= 15 is 0 Å². The Labute approximate surface area is 111 Å². The van der Waals surface area contributed by atoms with Crippen LogP contribution in [0.2, 0.25) is 0 Å². The van der Waals surface area contributed by atoms with E-state index in [0.29, 0.717) is 17.2 Å². The summed E-state index contributed by atoms with van der Waals surface area (Å²) in [6, 6.07) is 0.262. The summed E-state index contributed by atoms with van der Waals surface area (Å²) in [7, 11) is 2.98. The smallest absolute Gasteiger partial charge is 0.350 e. The molecule has 0 aromatic carbocycles. The molecule has 1 aliphatic rings. The average molecular weight is 270 g/mol. The van der Waals surface area contributed by atoms with Crippen molar-refractivity contribution in [2.24, 2.45) is 0 Å². The second-order valence-corrected chi connectivity index (χ2v) is 5.29. The minimum atomic E-state index is -0.332. The number of esters is 1. The van der Waals surface area contributed by atoms with E-state index in [-0.39, 0.29) is 12.0 Å². The lowest BCUT2D eigenvalue weighted by Gasteiger charge is -2.21. The van der Waals surface area contributed by atoms with E-state index in [1.165, 1.54) is 31.3 Å². The van der Waals surface area contributed by atoms with Crippen LogP contribution in [0.1, 0.15) is 45.7 Å². The van der Waals surface area contributed by atoms with Gasteiger partial charge in [0.2, 0.25) is 0 Å². The van der Waals surface area contributed by atoms with Gasteiger partial charge in [0.25, 0.3) is 0 Å². The summed E-state index contributed by atoms with van der Waals surface area (Å²) in [5.41, 5.74) is 0.678. The molecule has 1 aliphatic heterocycles. The first-order valence-corrected chi connectivity index (χ1v) is 6.88. The van der Waals surface area contributed by atoms with Gasteiger partial charge in [-0.3, -0.25) is 0 Å². The van der Waals surface area contributed by atoms with Crippen LogP contribution in [0.5, 0.6) is 0 Å². The quantitative estimate of drug-likeness (QED) is 0.847. The lowest BCUT2D eigenvalue weighted by Crippen LogP contribution is -2.26. The fourth-order valence-electron chi connectivity index (χ4n) is 2.07. The van der Waals surface area contributed by atoms with Crippen molar-refractivity contribution < 1.29 is 14.3 Å². The van der Waals surface area contributed by atoms with Crippen molar-refractivity contribution >= 4 is 17.3 Å². The first kappa shape index (κ1) is 13.5. The second-order valence-electron chi connectivity index (χ2n) is 4.26. The Balaban J connectivity index is 2.23. The van der Waals surface area contributed by atoms with Crippen LogP contribution in [0.25, 0.3) is 0 Å². The van der Waals surface area contributed by atoms with Crippen LogP contribution < -0.4 is 5.32 Å². The minimum absolute atomic E-state index is 0.262. The topological polar surface area (TPSA) is 60.5 Å². The molecule has 0 amide bonds. The second kappa shape index (κ2) is 6.26. The highest BCUT2D eigenvalue weighted by molar-refractivity contribution is 7.13. The van der Waals surface area contributed by atoms with Crippen LogP contribution >= 0.6 is 11.3 Å². The Morgan fingerprint density at radius 1 is 1.50 bits per heavy atom. The molecule has 1 aromatic heterocycles. The van der Waals surface area contributed by atoms with E-state index in [1.54, 1.807) is 7.11 Å². The van der Waals surface area contributed by atoms with Gasteiger partial charge in [-0.2, -0.15) is 0 Å². The molecule has 0 spiro atoms. The normalized spacial score (nSPS) is 19.8. The van der Waals surface area contributed by atoms with Crippen LogP contribution in [-0.2, 0) is 16.1 Å². The van der Waals surface area contributed by atoms with Gasteiger partial charge >= 0.3 is 5.97 Å². The van der Waals surface area contributed by atoms with Crippen LogP contribution in [0.15, 0.2) is 0 Å². The predicted molar refractivity (Wildman–Crippen MR) is 68.8 cm³/mol. The molecule has 2 heterocycles. The zero-order valence-electron chi connectivity index (χ0n) is 10.7. The highest BCUT2D eigenvalue weighted by atomic mass is 32.1. The third-order valence-corrected chi connectivity index (χ3v) is 4.17. The standard InChI is InChI=1S/C12H18N2O3S/c1-16-7-9-10(12(15)17-2)18-11(14-9)8-5-3-4-6-13-8/h8,13H,3-7H2,1-2H3. The molecule has 0 radical (unpaired) electrons. The zero-order valence-corrected chi connectivity index (χ0v) is 11.5. The van der Waals surface area contributed by atoms with E-state index in [9.17, 15) is 4.79 Å². The van der Waals surface area contributed by atoms with Gasteiger partial charge in [0.1, 0.15) is 9.88 Å². The number of nitrogens with one attached hydrogen (secondary N) is 1. The Hall–Kier alpha value is -0.980. The lowest BCUT2D eigenvalue weighted by molar-refractivity contribution is 0.0601. The van der Waals surface area contributed by atoms with Crippen LogP contribution in [0.3, 0.4) is 0 Å². The summed E-state index contributed by atoms with van der Waals surface area (Å²) in [5, 5.41) is 4.39. The van der Waals surface area contributed by atoms with Gasteiger partial charge in [-0.15, -0.1) is 11.3 Å². The van der Waals surface area contributed by atoms with E-state index in [1.807, 2.05) is 0 Å². The van der Waals surface area contributed by atoms with Gasteiger partial charge in [0.05, 0.1) is 25.5 Å². The SMILES string of the molecule is COCc1nc(C2CCCCN2)sc1C(=O)OC. The molecular formula is C12H18N2O3S. The molecule has 6 heteroatoms. The Morgan fingerprint density at radius 3 is 2.94 bits per heavy atom. The van der Waals surface area contributed by atoms with Crippen molar-refractivity contribution in [1.29, 1.82) is 0 Å². The van der Waals surface area contributed by atoms with Crippen LogP contribution in [0, 0.1) is 0 Å². The highest BCUT2D eigenvalue weighted by Gasteiger charge is 2.24. The van der Waals surface area contributed by atoms with E-state index in [0.717, 1.165) is 18.0 Å². The van der Waals surface area contributed by atoms with Crippen molar-refractivity contribution in [1.82, 2.24) is 10.3 Å². The summed E-state index contributed by atoms with van der Waals surface area (Å²) in [4.78, 5) is 16.8. The molecule has 0 bridgehead atoms. The summed E-state index contributed by atoms with van der Waals surface area (Å²) < 4.78 is 9.86. The summed E-state index contributed by atoms with van der Waals surface area (Å²) in [6.07, 6.45) is 3.47. The van der Waals surface area contributed by atoms with E-state index < -0.39 is 0 Å². The van der Waals surface area contributed by atoms with Crippen molar-refractivity contribution in [3.8, 4) is 0 Å². The first-order valence-electron chi connectivity index (χ1n) is 6.06. The number of hydrogen-bond donors (Lipinski definition) is 1. The third kappa shape index (κ3) is 2.88. The van der Waals surface area contributed by atoms with Gasteiger partial charge in [-0.1, -0.05) is 6.42 Å². The van der Waals surface area contributed by atoms with E-state index in [2.05, 4.69) is 10.3 Å². The highest BCUT2D eigenvalue weighted by Crippen LogP contribution is 2.29. The van der Waals surface area contributed by atoms with Crippen molar-refractivity contribution in [2.45, 2.75) is 31.9 Å². The fraction of sp³-hybridized carbons (Fsp3) is 0.667. The van der Waals surface area contributed by atoms with Gasteiger partial charge in [0.15, 0.2) is 0 Å². The van der Waals surface area contributed by atoms with Crippen molar-refractivity contribution in [3.05, 3.63) is 15.6 Å². The van der Waals surface area contributed by atoms with Gasteiger partial charge in [0, 0.05) is 7.11 Å². The number of ether oxygens (including phenoxy) is 2. The number of thiazole rings is 1. The van der Waals surface area contributed by atoms with Gasteiger partial charge < -0.3 is 14.8 Å². The lowest BCUT2D eigenvalue weighted by atomic mass is 10.1. The maximum Gasteiger partial charge on any atom is 0.350 e. The molecule has 1 atom stereocenters. The number of methoxy groups -OCH3 is 2. The molecule has 1 fully saturated rings. The number of rotatable bonds is 4. The van der Waals surface area contributed by atoms with Crippen molar-refractivity contribution in [3.63, 3.8) is 0 Å². The summed E-state index contributed by atoms with van der Waals surface area (Å²) in [6.45, 7) is 1.35. The molecular weight excluding hydrogens is 252 g/mol. The molecule has 1 unspecified atom stereocenters. The van der Waals surface area contributed by atoms with E-state index in [4.69, 9.17) is 9.47 Å².